The average molecular weight is 448 g/mol. The maximum Gasteiger partial charge on any atom is 0.253 e. The van der Waals surface area contributed by atoms with E-state index < -0.39 is 5.82 Å². The van der Waals surface area contributed by atoms with Crippen molar-refractivity contribution < 1.29 is 13.9 Å². The third kappa shape index (κ3) is 6.46. The highest BCUT2D eigenvalue weighted by atomic mass is 35.5. The summed E-state index contributed by atoms with van der Waals surface area (Å²) in [6.07, 6.45) is 4.34. The third-order valence-electron chi connectivity index (χ3n) is 5.12. The van der Waals surface area contributed by atoms with Gasteiger partial charge in [-0.15, -0.1) is 0 Å². The molecule has 0 bridgehead atoms. The van der Waals surface area contributed by atoms with E-state index in [1.54, 1.807) is 25.5 Å². The number of benzene rings is 1. The second kappa shape index (κ2) is 11.2. The van der Waals surface area contributed by atoms with E-state index in [0.29, 0.717) is 35.2 Å². The monoisotopic (exact) mass is 447 g/mol. The van der Waals surface area contributed by atoms with Gasteiger partial charge in [0.2, 0.25) is 0 Å². The first-order valence-electron chi connectivity index (χ1n) is 10.2. The highest BCUT2D eigenvalue weighted by Crippen LogP contribution is 2.24. The van der Waals surface area contributed by atoms with Gasteiger partial charge in [0, 0.05) is 38.6 Å². The first-order chi connectivity index (χ1) is 15.0. The van der Waals surface area contributed by atoms with Crippen molar-refractivity contribution in [2.75, 3.05) is 40.3 Å². The van der Waals surface area contributed by atoms with Crippen molar-refractivity contribution >= 4 is 29.4 Å². The summed E-state index contributed by atoms with van der Waals surface area (Å²) in [4.78, 5) is 23.5. The number of hydrogen-bond acceptors (Lipinski definition) is 6. The smallest absolute Gasteiger partial charge is 0.253 e. The number of pyridine rings is 1. The highest BCUT2D eigenvalue weighted by Gasteiger charge is 2.19. The zero-order valence-corrected chi connectivity index (χ0v) is 18.5. The predicted octanol–water partition coefficient (Wildman–Crippen LogP) is 3.06. The van der Waals surface area contributed by atoms with Crippen molar-refractivity contribution in [3.63, 3.8) is 0 Å². The van der Waals surface area contributed by atoms with Crippen LogP contribution < -0.4 is 15.4 Å². The van der Waals surface area contributed by atoms with Gasteiger partial charge in [0.25, 0.3) is 5.91 Å². The average Bonchev–Trinajstić information content (AvgIpc) is 3.18. The Labute approximate surface area is 186 Å². The molecule has 7 nitrogen and oxygen atoms in total. The Hall–Kier alpha value is -2.55. The summed E-state index contributed by atoms with van der Waals surface area (Å²) in [7, 11) is 3.70. The molecular formula is C22H27ClFN5O2. The number of aromatic nitrogens is 1. The Morgan fingerprint density at radius 1 is 1.45 bits per heavy atom. The molecule has 1 aromatic carbocycles. The number of halogens is 2. The lowest BCUT2D eigenvalue weighted by Crippen LogP contribution is -2.25. The van der Waals surface area contributed by atoms with Crippen molar-refractivity contribution in [1.82, 2.24) is 20.5 Å². The van der Waals surface area contributed by atoms with Crippen LogP contribution in [0.4, 0.5) is 10.1 Å². The Kier molecular flexibility index (Phi) is 8.34. The molecule has 2 N–H and O–H groups in total. The lowest BCUT2D eigenvalue weighted by atomic mass is 10.1. The van der Waals surface area contributed by atoms with E-state index in [-0.39, 0.29) is 17.5 Å². The van der Waals surface area contributed by atoms with E-state index in [1.165, 1.54) is 24.6 Å². The van der Waals surface area contributed by atoms with Crippen LogP contribution in [-0.2, 0) is 6.54 Å². The van der Waals surface area contributed by atoms with E-state index in [9.17, 15) is 9.18 Å². The van der Waals surface area contributed by atoms with Crippen LogP contribution in [0.2, 0.25) is 5.02 Å². The fraction of sp³-hybridized carbons (Fsp3) is 0.409. The number of nitrogens with one attached hydrogen (secondary N) is 2. The number of ether oxygens (including phenoxy) is 1. The minimum absolute atomic E-state index is 0.00887. The molecular weight excluding hydrogens is 421 g/mol. The van der Waals surface area contributed by atoms with E-state index in [0.717, 1.165) is 19.6 Å². The van der Waals surface area contributed by atoms with E-state index >= 15 is 0 Å². The SMILES string of the molecule is CNC(=O)c1ccnc(CNCC2CCN(C)C2)c1/N=C/COc1ccc(F)c(Cl)c1. The molecule has 0 spiro atoms. The number of rotatable bonds is 9. The molecule has 2 heterocycles. The van der Waals surface area contributed by atoms with Gasteiger partial charge in [-0.1, -0.05) is 11.6 Å². The molecule has 1 amide bonds. The van der Waals surface area contributed by atoms with Crippen molar-refractivity contribution in [3.05, 3.63) is 52.6 Å². The molecule has 1 fully saturated rings. The van der Waals surface area contributed by atoms with Gasteiger partial charge in [0.1, 0.15) is 18.2 Å². The largest absolute Gasteiger partial charge is 0.488 e. The van der Waals surface area contributed by atoms with Gasteiger partial charge in [-0.3, -0.25) is 14.8 Å². The van der Waals surface area contributed by atoms with Gasteiger partial charge in [0.15, 0.2) is 0 Å². The number of carbonyl (C=O) groups excluding carboxylic acids is 1. The van der Waals surface area contributed by atoms with Crippen LogP contribution in [0.15, 0.2) is 35.5 Å². The summed E-state index contributed by atoms with van der Waals surface area (Å²) in [6, 6.07) is 5.78. The molecule has 0 radical (unpaired) electrons. The standard InChI is InChI=1S/C22H27ClFN5O2/c1-25-22(30)17-5-7-27-20(13-26-12-15-6-9-29(2)14-15)21(17)28-8-10-31-16-3-4-19(24)18(23)11-16/h3-5,7-8,11,15,26H,6,9-10,12-14H2,1-2H3,(H,25,30)/b28-8+. The molecule has 1 saturated heterocycles. The highest BCUT2D eigenvalue weighted by molar-refractivity contribution is 6.30. The molecule has 2 aromatic rings. The normalized spacial score (nSPS) is 16.7. The Morgan fingerprint density at radius 3 is 3.00 bits per heavy atom. The summed E-state index contributed by atoms with van der Waals surface area (Å²) in [6.45, 7) is 3.71. The lowest BCUT2D eigenvalue weighted by Gasteiger charge is -2.13. The van der Waals surface area contributed by atoms with Gasteiger partial charge in [0.05, 0.1) is 22.0 Å². The molecule has 0 saturated carbocycles. The second-order valence-electron chi connectivity index (χ2n) is 7.48. The van der Waals surface area contributed by atoms with Crippen LogP contribution >= 0.6 is 11.6 Å². The molecule has 166 valence electrons. The number of likely N-dealkylation sites (tertiary alicyclic amines) is 1. The molecule has 9 heteroatoms. The Balaban J connectivity index is 1.67. The van der Waals surface area contributed by atoms with Crippen LogP contribution in [0, 0.1) is 11.7 Å². The van der Waals surface area contributed by atoms with Gasteiger partial charge in [-0.05, 0) is 50.7 Å². The number of amides is 1. The quantitative estimate of drug-likeness (QED) is 0.577. The fourth-order valence-electron chi connectivity index (χ4n) is 3.50. The molecule has 1 unspecified atom stereocenters. The first-order valence-corrected chi connectivity index (χ1v) is 10.5. The van der Waals surface area contributed by atoms with Crippen LogP contribution in [0.25, 0.3) is 0 Å². The van der Waals surface area contributed by atoms with Crippen LogP contribution in [-0.4, -0.2) is 62.3 Å². The second-order valence-corrected chi connectivity index (χ2v) is 7.89. The van der Waals surface area contributed by atoms with E-state index in [2.05, 4.69) is 32.6 Å². The summed E-state index contributed by atoms with van der Waals surface area (Å²) < 4.78 is 18.8. The summed E-state index contributed by atoms with van der Waals surface area (Å²) >= 11 is 5.77. The van der Waals surface area contributed by atoms with Crippen LogP contribution in [0.3, 0.4) is 0 Å². The van der Waals surface area contributed by atoms with Crippen LogP contribution in [0.1, 0.15) is 22.5 Å². The van der Waals surface area contributed by atoms with Crippen molar-refractivity contribution in [2.24, 2.45) is 10.9 Å². The molecule has 1 atom stereocenters. The molecule has 0 aliphatic carbocycles. The number of aliphatic imine (C=N–C) groups is 1. The topological polar surface area (TPSA) is 78.9 Å². The maximum atomic E-state index is 13.3. The number of carbonyl (C=O) groups is 1. The summed E-state index contributed by atoms with van der Waals surface area (Å²) in [5.41, 5.74) is 1.63. The lowest BCUT2D eigenvalue weighted by molar-refractivity contribution is 0.0963. The van der Waals surface area contributed by atoms with Gasteiger partial charge < -0.3 is 20.3 Å². The minimum atomic E-state index is -0.505. The third-order valence-corrected chi connectivity index (χ3v) is 5.41. The van der Waals surface area contributed by atoms with Gasteiger partial charge in [-0.2, -0.15) is 0 Å². The van der Waals surface area contributed by atoms with Gasteiger partial charge >= 0.3 is 0 Å². The molecule has 31 heavy (non-hydrogen) atoms. The van der Waals surface area contributed by atoms with Gasteiger partial charge in [-0.25, -0.2) is 4.39 Å². The fourth-order valence-corrected chi connectivity index (χ4v) is 3.68. The van der Waals surface area contributed by atoms with Crippen LogP contribution in [0.5, 0.6) is 5.75 Å². The molecule has 3 rings (SSSR count). The zero-order valence-electron chi connectivity index (χ0n) is 17.7. The Bertz CT molecular complexity index is 940. The Morgan fingerprint density at radius 2 is 2.29 bits per heavy atom. The van der Waals surface area contributed by atoms with E-state index in [4.69, 9.17) is 16.3 Å². The number of hydrogen-bond donors (Lipinski definition) is 2. The molecule has 1 aromatic heterocycles. The maximum absolute atomic E-state index is 13.3. The molecule has 1 aliphatic heterocycles. The molecule has 1 aliphatic rings. The summed E-state index contributed by atoms with van der Waals surface area (Å²) in [5.74, 6) is 0.295. The van der Waals surface area contributed by atoms with E-state index in [1.807, 2.05) is 0 Å². The summed E-state index contributed by atoms with van der Waals surface area (Å²) in [5, 5.41) is 6.07. The van der Waals surface area contributed by atoms with Crippen molar-refractivity contribution in [3.8, 4) is 5.75 Å². The number of nitrogens with zero attached hydrogens (tertiary/aromatic N) is 3. The zero-order chi connectivity index (χ0) is 22.2. The first kappa shape index (κ1) is 23.1. The minimum Gasteiger partial charge on any atom is -0.488 e. The predicted molar refractivity (Wildman–Crippen MR) is 120 cm³/mol. The van der Waals surface area contributed by atoms with Crippen molar-refractivity contribution in [1.29, 1.82) is 0 Å². The van der Waals surface area contributed by atoms with Crippen molar-refractivity contribution in [2.45, 2.75) is 13.0 Å².